The van der Waals surface area contributed by atoms with Gasteiger partial charge >= 0.3 is 6.18 Å². The van der Waals surface area contributed by atoms with Crippen molar-refractivity contribution in [3.8, 4) is 0 Å². The predicted molar refractivity (Wildman–Crippen MR) is 136 cm³/mol. The number of hydrogen-bond acceptors (Lipinski definition) is 3. The zero-order valence-electron chi connectivity index (χ0n) is 19.9. The second-order valence-electron chi connectivity index (χ2n) is 8.21. The first-order valence-electron chi connectivity index (χ1n) is 11.6. The Morgan fingerprint density at radius 2 is 1.56 bits per heavy atom. The number of nitrogens with zero attached hydrogens (tertiary/aromatic N) is 1. The van der Waals surface area contributed by atoms with E-state index in [0.29, 0.717) is 29.7 Å². The maximum atomic E-state index is 13.1. The molecule has 0 radical (unpaired) electrons. The average molecular weight is 511 g/mol. The van der Waals surface area contributed by atoms with Gasteiger partial charge in [-0.1, -0.05) is 31.2 Å². The molecule has 0 unspecified atom stereocenters. The molecule has 3 aromatic carbocycles. The summed E-state index contributed by atoms with van der Waals surface area (Å²) in [6.45, 7) is 4.86. The van der Waals surface area contributed by atoms with E-state index in [9.17, 15) is 22.8 Å². The molecule has 8 heteroatoms. The van der Waals surface area contributed by atoms with Crippen molar-refractivity contribution in [2.45, 2.75) is 38.0 Å². The predicted octanol–water partition coefficient (Wildman–Crippen LogP) is 6.95. The second kappa shape index (κ2) is 10.6. The Morgan fingerprint density at radius 1 is 0.889 bits per heavy atom. The van der Waals surface area contributed by atoms with E-state index in [1.807, 2.05) is 31.2 Å². The highest BCUT2D eigenvalue weighted by molar-refractivity contribution is 7.99. The van der Waals surface area contributed by atoms with Crippen LogP contribution in [-0.4, -0.2) is 22.0 Å². The van der Waals surface area contributed by atoms with Crippen LogP contribution >= 0.6 is 11.8 Å². The summed E-state index contributed by atoms with van der Waals surface area (Å²) in [4.78, 5) is 27.1. The van der Waals surface area contributed by atoms with Gasteiger partial charge in [0.15, 0.2) is 0 Å². The summed E-state index contributed by atoms with van der Waals surface area (Å²) in [5.41, 5.74) is 1.94. The minimum atomic E-state index is -4.46. The molecule has 0 saturated heterocycles. The Kier molecular flexibility index (Phi) is 7.54. The molecule has 0 spiro atoms. The summed E-state index contributed by atoms with van der Waals surface area (Å²) in [6, 6.07) is 19.1. The van der Waals surface area contributed by atoms with Crippen molar-refractivity contribution >= 4 is 34.4 Å². The van der Waals surface area contributed by atoms with Crippen molar-refractivity contribution in [2.75, 3.05) is 5.75 Å². The van der Waals surface area contributed by atoms with E-state index in [2.05, 4.69) is 12.2 Å². The van der Waals surface area contributed by atoms with Gasteiger partial charge in [0.05, 0.1) is 11.3 Å². The van der Waals surface area contributed by atoms with Gasteiger partial charge < -0.3 is 9.88 Å². The Bertz CT molecular complexity index is 1390. The van der Waals surface area contributed by atoms with Crippen LogP contribution in [0.1, 0.15) is 51.4 Å². The minimum absolute atomic E-state index is 0.168. The molecular weight excluding hydrogens is 485 g/mol. The first-order chi connectivity index (χ1) is 17.2. The Hall–Kier alpha value is -3.52. The first-order valence-corrected chi connectivity index (χ1v) is 12.5. The molecule has 4 aromatic rings. The standard InChI is InChI=1S/C28H25F3N2O2S/c1-3-33-24-14-9-20(27(35)32-17-18-5-12-23(13-6-18)36-4-2)15-21(24)16-25(33)26(34)19-7-10-22(11-8-19)28(29,30)31/h5-16H,3-4,17H2,1-2H3,(H,32,35). The van der Waals surface area contributed by atoms with Crippen LogP contribution in [-0.2, 0) is 19.3 Å². The number of carbonyl (C=O) groups is 2. The van der Waals surface area contributed by atoms with Crippen LogP contribution < -0.4 is 5.32 Å². The molecule has 4 nitrogen and oxygen atoms in total. The van der Waals surface area contributed by atoms with Crippen LogP contribution in [0.3, 0.4) is 0 Å². The smallest absolute Gasteiger partial charge is 0.348 e. The number of thioether (sulfide) groups is 1. The van der Waals surface area contributed by atoms with Crippen LogP contribution in [0.5, 0.6) is 0 Å². The topological polar surface area (TPSA) is 51.1 Å². The van der Waals surface area contributed by atoms with E-state index in [4.69, 9.17) is 0 Å². The monoisotopic (exact) mass is 510 g/mol. The number of carbonyl (C=O) groups excluding carboxylic acids is 2. The number of halogens is 3. The number of ketones is 1. The summed E-state index contributed by atoms with van der Waals surface area (Å²) in [7, 11) is 0. The molecule has 1 aromatic heterocycles. The number of benzene rings is 3. The highest BCUT2D eigenvalue weighted by Crippen LogP contribution is 2.30. The van der Waals surface area contributed by atoms with Gasteiger partial charge in [0.2, 0.25) is 5.78 Å². The molecule has 1 heterocycles. The van der Waals surface area contributed by atoms with Gasteiger partial charge in [-0.05, 0) is 66.8 Å². The van der Waals surface area contributed by atoms with Crippen molar-refractivity contribution in [1.29, 1.82) is 0 Å². The third-order valence-electron chi connectivity index (χ3n) is 5.87. The molecule has 0 aliphatic heterocycles. The van der Waals surface area contributed by atoms with Gasteiger partial charge in [0.1, 0.15) is 0 Å². The number of alkyl halides is 3. The summed E-state index contributed by atoms with van der Waals surface area (Å²) in [6.07, 6.45) is -4.46. The van der Waals surface area contributed by atoms with Crippen LogP contribution in [0.25, 0.3) is 10.9 Å². The summed E-state index contributed by atoms with van der Waals surface area (Å²) < 4.78 is 40.4. The molecule has 4 rings (SSSR count). The fourth-order valence-corrected chi connectivity index (χ4v) is 4.72. The van der Waals surface area contributed by atoms with Gasteiger partial charge in [0, 0.05) is 40.0 Å². The molecule has 1 amide bonds. The highest BCUT2D eigenvalue weighted by atomic mass is 32.2. The molecule has 186 valence electrons. The molecule has 36 heavy (non-hydrogen) atoms. The van der Waals surface area contributed by atoms with Gasteiger partial charge in [-0.25, -0.2) is 0 Å². The fraction of sp³-hybridized carbons (Fsp3) is 0.214. The normalized spacial score (nSPS) is 11.6. The second-order valence-corrected chi connectivity index (χ2v) is 9.55. The third kappa shape index (κ3) is 5.49. The van der Waals surface area contributed by atoms with Crippen LogP contribution in [0, 0.1) is 0 Å². The zero-order valence-corrected chi connectivity index (χ0v) is 20.7. The lowest BCUT2D eigenvalue weighted by atomic mass is 10.1. The molecule has 0 fully saturated rings. The quantitative estimate of drug-likeness (QED) is 0.206. The number of nitrogens with one attached hydrogen (secondary N) is 1. The maximum Gasteiger partial charge on any atom is 0.416 e. The number of amides is 1. The van der Waals surface area contributed by atoms with Gasteiger partial charge in [-0.3, -0.25) is 9.59 Å². The third-order valence-corrected chi connectivity index (χ3v) is 6.77. The molecular formula is C28H25F3N2O2S. The van der Waals surface area contributed by atoms with Gasteiger partial charge in [-0.2, -0.15) is 13.2 Å². The number of aryl methyl sites for hydroxylation is 1. The lowest BCUT2D eigenvalue weighted by molar-refractivity contribution is -0.137. The summed E-state index contributed by atoms with van der Waals surface area (Å²) >= 11 is 1.75. The zero-order chi connectivity index (χ0) is 25.9. The van der Waals surface area contributed by atoms with Crippen LogP contribution in [0.4, 0.5) is 13.2 Å². The molecule has 0 aliphatic rings. The number of fused-ring (bicyclic) bond motifs is 1. The van der Waals surface area contributed by atoms with Crippen molar-refractivity contribution in [3.63, 3.8) is 0 Å². The lowest BCUT2D eigenvalue weighted by Crippen LogP contribution is -2.22. The van der Waals surface area contributed by atoms with E-state index in [1.165, 1.54) is 17.0 Å². The van der Waals surface area contributed by atoms with E-state index >= 15 is 0 Å². The van der Waals surface area contributed by atoms with Crippen LogP contribution in [0.15, 0.2) is 77.7 Å². The van der Waals surface area contributed by atoms with E-state index in [-0.39, 0.29) is 17.3 Å². The van der Waals surface area contributed by atoms with E-state index in [0.717, 1.165) is 29.0 Å². The van der Waals surface area contributed by atoms with Crippen LogP contribution in [0.2, 0.25) is 0 Å². The van der Waals surface area contributed by atoms with E-state index < -0.39 is 11.7 Å². The fourth-order valence-electron chi connectivity index (χ4n) is 4.05. The Labute approximate surface area is 211 Å². The molecule has 0 atom stereocenters. The minimum Gasteiger partial charge on any atom is -0.348 e. The van der Waals surface area contributed by atoms with Crippen molar-refractivity contribution < 1.29 is 22.8 Å². The molecule has 1 N–H and O–H groups in total. The number of hydrogen-bond donors (Lipinski definition) is 1. The number of aromatic nitrogens is 1. The maximum absolute atomic E-state index is 13.1. The summed E-state index contributed by atoms with van der Waals surface area (Å²) in [5, 5.41) is 3.63. The largest absolute Gasteiger partial charge is 0.416 e. The lowest BCUT2D eigenvalue weighted by Gasteiger charge is -2.09. The van der Waals surface area contributed by atoms with Crippen molar-refractivity contribution in [2.24, 2.45) is 0 Å². The van der Waals surface area contributed by atoms with E-state index in [1.54, 1.807) is 40.6 Å². The average Bonchev–Trinajstić information content (AvgIpc) is 3.25. The highest BCUT2D eigenvalue weighted by Gasteiger charge is 2.30. The Morgan fingerprint density at radius 3 is 2.17 bits per heavy atom. The first kappa shape index (κ1) is 25.6. The Balaban J connectivity index is 1.54. The van der Waals surface area contributed by atoms with Gasteiger partial charge in [0.25, 0.3) is 5.91 Å². The molecule has 0 saturated carbocycles. The summed E-state index contributed by atoms with van der Waals surface area (Å²) in [5.74, 6) is 0.386. The van der Waals surface area contributed by atoms with Crippen molar-refractivity contribution in [3.05, 3.63) is 101 Å². The van der Waals surface area contributed by atoms with Gasteiger partial charge in [-0.15, -0.1) is 11.8 Å². The molecule has 0 aliphatic carbocycles. The molecule has 0 bridgehead atoms. The number of rotatable bonds is 8. The SMILES string of the molecule is CCSc1ccc(CNC(=O)c2ccc3c(c2)cc(C(=O)c2ccc(C(F)(F)F)cc2)n3CC)cc1. The van der Waals surface area contributed by atoms with Crippen molar-refractivity contribution in [1.82, 2.24) is 9.88 Å².